The molecule has 0 amide bonds. The van der Waals surface area contributed by atoms with E-state index in [2.05, 4.69) is 231 Å². The summed E-state index contributed by atoms with van der Waals surface area (Å²) < 4.78 is 2.47. The van der Waals surface area contributed by atoms with Crippen molar-refractivity contribution in [3.63, 3.8) is 0 Å². The standard InChI is InChI=1S/C88H104N4/c1-7-11-15-19-23-31-53-87(54-32-24-20-16-12-8-2)81-61-67(69-51-57-89-65(5)59-69)39-47-75(81)77-49-45-73(63-83(77)87)91(71-41-43-72(44-42-71)92-85-37-29-27-35-79(85)80-36-28-30-38-86(80)92)74-46-50-78-76-48-40-68(70-52-58-90-66(6)60-70)62-82(76)88(84(78)64-74,55-33-25-21-17-13-9-3)56-34-26-22-18-14-10-4/h27-30,35-52,57-64H,7-26,31-34,53-56H2,1-6H3. The van der Waals surface area contributed by atoms with Crippen LogP contribution >= 0.6 is 0 Å². The zero-order valence-electron chi connectivity index (χ0n) is 56.9. The molecule has 4 nitrogen and oxygen atoms in total. The minimum Gasteiger partial charge on any atom is -0.310 e. The molecular formula is C88H104N4. The lowest BCUT2D eigenvalue weighted by Gasteiger charge is -2.35. The molecule has 12 rings (SSSR count). The number of benzene rings is 7. The maximum atomic E-state index is 4.66. The number of para-hydroxylation sites is 2. The first-order chi connectivity index (χ1) is 45.3. The van der Waals surface area contributed by atoms with Crippen molar-refractivity contribution < 1.29 is 0 Å². The Morgan fingerprint density at radius 3 is 1.02 bits per heavy atom. The zero-order chi connectivity index (χ0) is 63.3. The van der Waals surface area contributed by atoms with Gasteiger partial charge >= 0.3 is 0 Å². The average Bonchev–Trinajstić information content (AvgIpc) is 1.56. The van der Waals surface area contributed by atoms with Crippen LogP contribution in [0.15, 0.2) is 182 Å². The van der Waals surface area contributed by atoms with Crippen molar-refractivity contribution in [3.05, 3.63) is 216 Å². The first kappa shape index (κ1) is 64.5. The molecule has 476 valence electrons. The van der Waals surface area contributed by atoms with Crippen LogP contribution in [0.25, 0.3) is 72.0 Å². The van der Waals surface area contributed by atoms with E-state index in [0.717, 1.165) is 37.1 Å². The number of hydrogen-bond acceptors (Lipinski definition) is 3. The van der Waals surface area contributed by atoms with Crippen LogP contribution in [-0.2, 0) is 10.8 Å². The lowest BCUT2D eigenvalue weighted by molar-refractivity contribution is 0.398. The molecule has 0 N–H and O–H groups in total. The highest BCUT2D eigenvalue weighted by Crippen LogP contribution is 2.59. The number of fused-ring (bicyclic) bond motifs is 9. The van der Waals surface area contributed by atoms with Gasteiger partial charge in [-0.2, -0.15) is 0 Å². The third-order valence-corrected chi connectivity index (χ3v) is 21.4. The summed E-state index contributed by atoms with van der Waals surface area (Å²) in [5.41, 5.74) is 26.1. The van der Waals surface area contributed by atoms with Gasteiger partial charge in [0, 0.05) is 68.1 Å². The van der Waals surface area contributed by atoms with Crippen LogP contribution in [0.1, 0.15) is 241 Å². The van der Waals surface area contributed by atoms with Gasteiger partial charge in [0.2, 0.25) is 0 Å². The van der Waals surface area contributed by atoms with Crippen molar-refractivity contribution >= 4 is 38.9 Å². The highest BCUT2D eigenvalue weighted by molar-refractivity contribution is 6.09. The third-order valence-electron chi connectivity index (χ3n) is 21.4. The van der Waals surface area contributed by atoms with E-state index in [-0.39, 0.29) is 10.8 Å². The maximum Gasteiger partial charge on any atom is 0.0541 e. The number of hydrogen-bond donors (Lipinski definition) is 0. The van der Waals surface area contributed by atoms with Gasteiger partial charge in [0.05, 0.1) is 11.0 Å². The van der Waals surface area contributed by atoms with Crippen LogP contribution in [-0.4, -0.2) is 14.5 Å². The predicted molar refractivity (Wildman–Crippen MR) is 396 cm³/mol. The largest absolute Gasteiger partial charge is 0.310 e. The summed E-state index contributed by atoms with van der Waals surface area (Å²) >= 11 is 0. The van der Waals surface area contributed by atoms with Crippen LogP contribution < -0.4 is 4.90 Å². The van der Waals surface area contributed by atoms with Crippen LogP contribution in [0.2, 0.25) is 0 Å². The fourth-order valence-electron chi connectivity index (χ4n) is 16.6. The van der Waals surface area contributed by atoms with Gasteiger partial charge in [0.25, 0.3) is 0 Å². The van der Waals surface area contributed by atoms with Gasteiger partial charge in [-0.15, -0.1) is 0 Å². The average molecular weight is 1220 g/mol. The Morgan fingerprint density at radius 2 is 0.641 bits per heavy atom. The molecule has 0 atom stereocenters. The molecule has 0 fully saturated rings. The molecule has 3 aromatic heterocycles. The van der Waals surface area contributed by atoms with Crippen molar-refractivity contribution in [2.75, 3.05) is 4.90 Å². The summed E-state index contributed by atoms with van der Waals surface area (Å²) in [6, 6.07) is 66.9. The Labute approximate surface area is 553 Å². The molecule has 92 heavy (non-hydrogen) atoms. The second-order valence-corrected chi connectivity index (χ2v) is 27.8. The number of nitrogens with zero attached hydrogens (tertiary/aromatic N) is 4. The van der Waals surface area contributed by atoms with E-state index in [1.165, 1.54) is 265 Å². The van der Waals surface area contributed by atoms with E-state index in [0.29, 0.717) is 0 Å². The molecule has 10 aromatic rings. The molecule has 0 bridgehead atoms. The van der Waals surface area contributed by atoms with Crippen LogP contribution in [0.5, 0.6) is 0 Å². The minimum absolute atomic E-state index is 0.131. The van der Waals surface area contributed by atoms with Gasteiger partial charge in [-0.1, -0.05) is 255 Å². The zero-order valence-corrected chi connectivity index (χ0v) is 56.9. The molecule has 0 aliphatic heterocycles. The van der Waals surface area contributed by atoms with Gasteiger partial charge in [0.15, 0.2) is 0 Å². The van der Waals surface area contributed by atoms with E-state index >= 15 is 0 Å². The predicted octanol–water partition coefficient (Wildman–Crippen LogP) is 26.5. The minimum atomic E-state index is -0.131. The molecule has 3 heterocycles. The fourth-order valence-corrected chi connectivity index (χ4v) is 16.6. The van der Waals surface area contributed by atoms with Crippen molar-refractivity contribution in [1.82, 2.24) is 14.5 Å². The molecule has 2 aliphatic carbocycles. The Hall–Kier alpha value is -7.56. The first-order valence-electron chi connectivity index (χ1n) is 36.6. The number of unbranched alkanes of at least 4 members (excludes halogenated alkanes) is 20. The van der Waals surface area contributed by atoms with E-state index in [1.54, 1.807) is 0 Å². The van der Waals surface area contributed by atoms with Gasteiger partial charge in [-0.3, -0.25) is 9.97 Å². The third kappa shape index (κ3) is 13.6. The topological polar surface area (TPSA) is 34.0 Å². The van der Waals surface area contributed by atoms with Gasteiger partial charge in [0.1, 0.15) is 0 Å². The fraction of sp³-hybridized carbons (Fsp3) is 0.409. The highest BCUT2D eigenvalue weighted by atomic mass is 15.1. The summed E-state index contributed by atoms with van der Waals surface area (Å²) in [6.45, 7) is 13.6. The second-order valence-electron chi connectivity index (χ2n) is 27.8. The van der Waals surface area contributed by atoms with E-state index in [1.807, 2.05) is 12.4 Å². The number of aromatic nitrogens is 3. The molecule has 0 saturated heterocycles. The molecule has 7 aromatic carbocycles. The smallest absolute Gasteiger partial charge is 0.0541 e. The monoisotopic (exact) mass is 1220 g/mol. The van der Waals surface area contributed by atoms with Crippen molar-refractivity contribution in [2.45, 2.75) is 232 Å². The first-order valence-corrected chi connectivity index (χ1v) is 36.6. The van der Waals surface area contributed by atoms with Crippen LogP contribution in [0, 0.1) is 13.8 Å². The number of rotatable bonds is 34. The van der Waals surface area contributed by atoms with Crippen LogP contribution in [0.3, 0.4) is 0 Å². The quantitative estimate of drug-likeness (QED) is 0.0377. The second kappa shape index (κ2) is 30.5. The molecular weight excluding hydrogens is 1110 g/mol. The van der Waals surface area contributed by atoms with E-state index in [4.69, 9.17) is 0 Å². The molecule has 0 saturated carbocycles. The van der Waals surface area contributed by atoms with Crippen molar-refractivity contribution in [3.8, 4) is 50.2 Å². The van der Waals surface area contributed by atoms with E-state index < -0.39 is 0 Å². The highest BCUT2D eigenvalue weighted by Gasteiger charge is 2.45. The van der Waals surface area contributed by atoms with Gasteiger partial charge in [-0.05, 0) is 203 Å². The van der Waals surface area contributed by atoms with Crippen molar-refractivity contribution in [2.24, 2.45) is 0 Å². The normalized spacial score (nSPS) is 13.4. The summed E-state index contributed by atoms with van der Waals surface area (Å²) in [6.07, 6.45) is 39.5. The number of aryl methyl sites for hydroxylation is 2. The lowest BCUT2D eigenvalue weighted by atomic mass is 9.70. The lowest BCUT2D eigenvalue weighted by Crippen LogP contribution is -2.26. The van der Waals surface area contributed by atoms with E-state index in [9.17, 15) is 0 Å². The Bertz CT molecular complexity index is 3790. The van der Waals surface area contributed by atoms with Gasteiger partial charge in [-0.25, -0.2) is 0 Å². The number of pyridine rings is 2. The Morgan fingerprint density at radius 1 is 0.315 bits per heavy atom. The van der Waals surface area contributed by atoms with Crippen LogP contribution in [0.4, 0.5) is 17.1 Å². The molecule has 0 radical (unpaired) electrons. The molecule has 4 heteroatoms. The Balaban J connectivity index is 1.04. The molecule has 0 spiro atoms. The summed E-state index contributed by atoms with van der Waals surface area (Å²) in [5, 5.41) is 2.57. The molecule has 2 aliphatic rings. The van der Waals surface area contributed by atoms with Gasteiger partial charge < -0.3 is 9.47 Å². The van der Waals surface area contributed by atoms with Crippen molar-refractivity contribution in [1.29, 1.82) is 0 Å². The summed E-state index contributed by atoms with van der Waals surface area (Å²) in [5.74, 6) is 0. The number of anilines is 3. The summed E-state index contributed by atoms with van der Waals surface area (Å²) in [4.78, 5) is 12.0. The maximum absolute atomic E-state index is 4.66. The SMILES string of the molecule is CCCCCCCCC1(CCCCCCCC)c2cc(-c3ccnc(C)c3)ccc2-c2ccc(N(c3ccc(-n4c5ccccc5c5ccccc54)cc3)c3ccc4c(c3)C(CCCCCCCC)(CCCCCCCC)c3cc(-c5ccnc(C)c5)ccc3-4)cc21. The Kier molecular flexibility index (Phi) is 21.4. The summed E-state index contributed by atoms with van der Waals surface area (Å²) in [7, 11) is 0. The molecule has 0 unspecified atom stereocenters.